The minimum absolute atomic E-state index is 0.0219. The number of hydrogen-bond donors (Lipinski definition) is 2. The van der Waals surface area contributed by atoms with E-state index in [2.05, 4.69) is 5.32 Å². The summed E-state index contributed by atoms with van der Waals surface area (Å²) < 4.78 is 34.4. The summed E-state index contributed by atoms with van der Waals surface area (Å²) in [5.74, 6) is -0.0957. The summed E-state index contributed by atoms with van der Waals surface area (Å²) >= 11 is 0. The van der Waals surface area contributed by atoms with Crippen molar-refractivity contribution in [2.24, 2.45) is 0 Å². The van der Waals surface area contributed by atoms with Crippen LogP contribution in [0.4, 0.5) is 5.69 Å². The summed E-state index contributed by atoms with van der Waals surface area (Å²) in [6, 6.07) is 13.0. The van der Waals surface area contributed by atoms with Crippen LogP contribution in [0, 0.1) is 0 Å². The van der Waals surface area contributed by atoms with Gasteiger partial charge in [-0.05, 0) is 30.3 Å². The predicted octanol–water partition coefficient (Wildman–Crippen LogP) is 2.22. The summed E-state index contributed by atoms with van der Waals surface area (Å²) in [5.41, 5.74) is 0.0219. The summed E-state index contributed by atoms with van der Waals surface area (Å²) in [7, 11) is -3.43. The van der Waals surface area contributed by atoms with Gasteiger partial charge in [-0.15, -0.1) is 0 Å². The van der Waals surface area contributed by atoms with Crippen LogP contribution in [0.5, 0.6) is 11.5 Å². The average molecular weight is 379 g/mol. The third-order valence-corrected chi connectivity index (χ3v) is 5.19. The van der Waals surface area contributed by atoms with E-state index in [-0.39, 0.29) is 41.9 Å². The number of para-hydroxylation sites is 1. The molecule has 2 aromatic rings. The smallest absolute Gasteiger partial charge is 0.250 e. The minimum atomic E-state index is -3.43. The Morgan fingerprint density at radius 2 is 1.85 bits per heavy atom. The number of sulfone groups is 1. The zero-order valence-corrected chi connectivity index (χ0v) is 15.2. The molecular weight excluding hydrogens is 358 g/mol. The summed E-state index contributed by atoms with van der Waals surface area (Å²) in [6.07, 6.45) is 0. The molecule has 0 aliphatic rings. The molecule has 0 fully saturated rings. The molecule has 0 atom stereocenters. The zero-order valence-electron chi connectivity index (χ0n) is 14.3. The van der Waals surface area contributed by atoms with Crippen LogP contribution in [0.25, 0.3) is 0 Å². The molecule has 0 aliphatic heterocycles. The topological polar surface area (TPSA) is 102 Å². The van der Waals surface area contributed by atoms with Crippen LogP contribution in [-0.4, -0.2) is 45.0 Å². The lowest BCUT2D eigenvalue weighted by molar-refractivity contribution is -0.120. The number of hydrogen-bond acceptors (Lipinski definition) is 6. The van der Waals surface area contributed by atoms with Crippen molar-refractivity contribution in [3.8, 4) is 11.5 Å². The lowest BCUT2D eigenvalue weighted by atomic mass is 10.3. The van der Waals surface area contributed by atoms with E-state index < -0.39 is 15.7 Å². The van der Waals surface area contributed by atoms with Crippen LogP contribution in [0.2, 0.25) is 0 Å². The molecule has 0 unspecified atom stereocenters. The number of nitrogens with one attached hydrogen (secondary N) is 1. The molecule has 0 aliphatic carbocycles. The largest absolute Gasteiger partial charge is 0.506 e. The molecule has 0 radical (unpaired) electrons. The minimum Gasteiger partial charge on any atom is -0.506 e. The lowest BCUT2D eigenvalue weighted by Crippen LogP contribution is -2.20. The van der Waals surface area contributed by atoms with E-state index in [1.165, 1.54) is 25.1 Å². The molecule has 1 amide bonds. The first-order valence-electron chi connectivity index (χ1n) is 8.03. The Kier molecular flexibility index (Phi) is 6.99. The highest BCUT2D eigenvalue weighted by atomic mass is 32.2. The number of rotatable bonds is 9. The van der Waals surface area contributed by atoms with E-state index in [4.69, 9.17) is 9.47 Å². The number of benzene rings is 2. The fraction of sp³-hybridized carbons (Fsp3) is 0.278. The van der Waals surface area contributed by atoms with Crippen molar-refractivity contribution in [2.75, 3.05) is 30.9 Å². The highest BCUT2D eigenvalue weighted by Gasteiger charge is 2.15. The lowest BCUT2D eigenvalue weighted by Gasteiger charge is -2.10. The van der Waals surface area contributed by atoms with E-state index in [1.807, 2.05) is 30.3 Å². The van der Waals surface area contributed by atoms with Crippen molar-refractivity contribution in [3.05, 3.63) is 48.5 Å². The molecule has 0 saturated heterocycles. The SMILES string of the molecule is CCS(=O)(=O)c1ccc(O)c(NC(=O)COCCOc2ccccc2)c1. The number of aromatic hydroxyl groups is 1. The van der Waals surface area contributed by atoms with E-state index in [0.717, 1.165) is 0 Å². The van der Waals surface area contributed by atoms with E-state index in [1.54, 1.807) is 0 Å². The van der Waals surface area contributed by atoms with E-state index in [9.17, 15) is 18.3 Å². The standard InChI is InChI=1S/C18H21NO6S/c1-2-26(22,23)15-8-9-17(20)16(12-15)19-18(21)13-24-10-11-25-14-6-4-3-5-7-14/h3-9,12,20H,2,10-11,13H2,1H3,(H,19,21). The Morgan fingerprint density at radius 1 is 1.12 bits per heavy atom. The fourth-order valence-electron chi connectivity index (χ4n) is 2.06. The van der Waals surface area contributed by atoms with Gasteiger partial charge in [0.2, 0.25) is 5.91 Å². The molecule has 2 rings (SSSR count). The molecule has 26 heavy (non-hydrogen) atoms. The van der Waals surface area contributed by atoms with Crippen LogP contribution < -0.4 is 10.1 Å². The second-order valence-electron chi connectivity index (χ2n) is 5.34. The van der Waals surface area contributed by atoms with Gasteiger partial charge in [0.15, 0.2) is 9.84 Å². The Labute approximate surface area is 152 Å². The van der Waals surface area contributed by atoms with Gasteiger partial charge < -0.3 is 19.9 Å². The van der Waals surface area contributed by atoms with Crippen LogP contribution >= 0.6 is 0 Å². The maximum Gasteiger partial charge on any atom is 0.250 e. The third kappa shape index (κ3) is 5.75. The number of carbonyl (C=O) groups is 1. The molecule has 0 heterocycles. The van der Waals surface area contributed by atoms with Gasteiger partial charge in [0, 0.05) is 0 Å². The van der Waals surface area contributed by atoms with Crippen molar-refractivity contribution in [1.29, 1.82) is 0 Å². The quantitative estimate of drug-likeness (QED) is 0.512. The molecule has 2 N–H and O–H groups in total. The number of amides is 1. The van der Waals surface area contributed by atoms with Gasteiger partial charge in [-0.3, -0.25) is 4.79 Å². The van der Waals surface area contributed by atoms with Crippen LogP contribution in [-0.2, 0) is 19.4 Å². The van der Waals surface area contributed by atoms with Gasteiger partial charge >= 0.3 is 0 Å². The van der Waals surface area contributed by atoms with Crippen molar-refractivity contribution >= 4 is 21.4 Å². The van der Waals surface area contributed by atoms with Crippen molar-refractivity contribution in [2.45, 2.75) is 11.8 Å². The molecule has 0 aromatic heterocycles. The second kappa shape index (κ2) is 9.21. The van der Waals surface area contributed by atoms with Crippen LogP contribution in [0.3, 0.4) is 0 Å². The third-order valence-electron chi connectivity index (χ3n) is 3.45. The van der Waals surface area contributed by atoms with Crippen molar-refractivity contribution in [1.82, 2.24) is 0 Å². The molecule has 0 saturated carbocycles. The van der Waals surface area contributed by atoms with Crippen LogP contribution in [0.15, 0.2) is 53.4 Å². The number of ether oxygens (including phenoxy) is 2. The molecule has 0 spiro atoms. The molecule has 7 nitrogen and oxygen atoms in total. The highest BCUT2D eigenvalue weighted by Crippen LogP contribution is 2.26. The van der Waals surface area contributed by atoms with E-state index in [0.29, 0.717) is 5.75 Å². The molecule has 2 aromatic carbocycles. The summed E-state index contributed by atoms with van der Waals surface area (Å²) in [5, 5.41) is 12.2. The maximum atomic E-state index is 11.9. The average Bonchev–Trinajstić information content (AvgIpc) is 2.64. The Balaban J connectivity index is 1.81. The van der Waals surface area contributed by atoms with Gasteiger partial charge in [-0.2, -0.15) is 0 Å². The van der Waals surface area contributed by atoms with Gasteiger partial charge in [0.25, 0.3) is 0 Å². The normalized spacial score (nSPS) is 11.1. The zero-order chi connectivity index (χ0) is 19.0. The van der Waals surface area contributed by atoms with Crippen LogP contribution in [0.1, 0.15) is 6.92 Å². The molecular formula is C18H21NO6S. The first-order chi connectivity index (χ1) is 12.4. The number of anilines is 1. The van der Waals surface area contributed by atoms with E-state index >= 15 is 0 Å². The summed E-state index contributed by atoms with van der Waals surface area (Å²) in [4.78, 5) is 11.9. The van der Waals surface area contributed by atoms with Gasteiger partial charge in [0.05, 0.1) is 22.9 Å². The van der Waals surface area contributed by atoms with Crippen molar-refractivity contribution in [3.63, 3.8) is 0 Å². The molecule has 140 valence electrons. The second-order valence-corrected chi connectivity index (χ2v) is 7.62. The summed E-state index contributed by atoms with van der Waals surface area (Å²) in [6.45, 7) is 1.76. The first kappa shape index (κ1) is 19.7. The monoisotopic (exact) mass is 379 g/mol. The van der Waals surface area contributed by atoms with Gasteiger partial charge in [-0.1, -0.05) is 25.1 Å². The molecule has 8 heteroatoms. The first-order valence-corrected chi connectivity index (χ1v) is 9.69. The Bertz CT molecular complexity index is 836. The van der Waals surface area contributed by atoms with Gasteiger partial charge in [0.1, 0.15) is 24.7 Å². The number of phenols is 1. The number of phenolic OH excluding ortho intramolecular Hbond substituents is 1. The van der Waals surface area contributed by atoms with Crippen molar-refractivity contribution < 1.29 is 27.8 Å². The predicted molar refractivity (Wildman–Crippen MR) is 97.2 cm³/mol. The number of carbonyl (C=O) groups excluding carboxylic acids is 1. The Hall–Kier alpha value is -2.58. The highest BCUT2D eigenvalue weighted by molar-refractivity contribution is 7.91. The fourth-order valence-corrected chi connectivity index (χ4v) is 2.97. The van der Waals surface area contributed by atoms with Gasteiger partial charge in [-0.25, -0.2) is 8.42 Å². The molecule has 0 bridgehead atoms. The Morgan fingerprint density at radius 3 is 2.54 bits per heavy atom. The maximum absolute atomic E-state index is 11.9.